The van der Waals surface area contributed by atoms with Gasteiger partial charge >= 0.3 is 0 Å². The van der Waals surface area contributed by atoms with E-state index >= 15 is 0 Å². The van der Waals surface area contributed by atoms with Gasteiger partial charge in [0.15, 0.2) is 5.75 Å². The first kappa shape index (κ1) is 15.3. The first-order chi connectivity index (χ1) is 8.60. The third-order valence-electron chi connectivity index (χ3n) is 2.73. The standard InChI is InChI=1S/C12H23N3O2S/c1-14(2)6-7-15-12(10(16)5-8-18-4)11(17-3)9-13-15/h9-10,16H,5-8H2,1-4H3. The molecule has 6 heteroatoms. The molecule has 1 rings (SSSR count). The van der Waals surface area contributed by atoms with Gasteiger partial charge in [-0.1, -0.05) is 0 Å². The molecule has 1 heterocycles. The summed E-state index contributed by atoms with van der Waals surface area (Å²) < 4.78 is 7.11. The number of hydrogen-bond donors (Lipinski definition) is 1. The third kappa shape index (κ3) is 4.19. The van der Waals surface area contributed by atoms with Crippen molar-refractivity contribution in [2.45, 2.75) is 19.1 Å². The number of thioether (sulfide) groups is 1. The van der Waals surface area contributed by atoms with Gasteiger partial charge in [-0.15, -0.1) is 0 Å². The highest BCUT2D eigenvalue weighted by Gasteiger charge is 2.19. The summed E-state index contributed by atoms with van der Waals surface area (Å²) in [6.45, 7) is 1.63. The molecule has 0 aliphatic heterocycles. The van der Waals surface area contributed by atoms with Crippen LogP contribution in [-0.2, 0) is 6.54 Å². The van der Waals surface area contributed by atoms with E-state index in [0.717, 1.165) is 24.5 Å². The van der Waals surface area contributed by atoms with Crippen molar-refractivity contribution >= 4 is 11.8 Å². The van der Waals surface area contributed by atoms with Crippen molar-refractivity contribution in [3.8, 4) is 5.75 Å². The highest BCUT2D eigenvalue weighted by Crippen LogP contribution is 2.27. The van der Waals surface area contributed by atoms with Crippen molar-refractivity contribution in [2.24, 2.45) is 0 Å². The average molecular weight is 273 g/mol. The van der Waals surface area contributed by atoms with Crippen molar-refractivity contribution < 1.29 is 9.84 Å². The number of nitrogens with zero attached hydrogens (tertiary/aromatic N) is 3. The molecule has 0 saturated heterocycles. The number of hydrogen-bond acceptors (Lipinski definition) is 5. The van der Waals surface area contributed by atoms with E-state index in [1.165, 1.54) is 0 Å². The van der Waals surface area contributed by atoms with Crippen molar-refractivity contribution in [1.29, 1.82) is 0 Å². The van der Waals surface area contributed by atoms with Crippen LogP contribution in [0.3, 0.4) is 0 Å². The van der Waals surface area contributed by atoms with E-state index < -0.39 is 6.10 Å². The van der Waals surface area contributed by atoms with Gasteiger partial charge in [0.05, 0.1) is 19.9 Å². The minimum Gasteiger partial charge on any atom is -0.493 e. The lowest BCUT2D eigenvalue weighted by molar-refractivity contribution is 0.158. The monoisotopic (exact) mass is 273 g/mol. The lowest BCUT2D eigenvalue weighted by atomic mass is 10.2. The minimum atomic E-state index is -0.517. The summed E-state index contributed by atoms with van der Waals surface area (Å²) >= 11 is 1.73. The summed E-state index contributed by atoms with van der Waals surface area (Å²) in [6.07, 6.45) is 3.91. The molecule has 1 N–H and O–H groups in total. The van der Waals surface area contributed by atoms with Gasteiger partial charge in [-0.3, -0.25) is 4.68 Å². The Bertz CT molecular complexity index is 355. The van der Waals surface area contributed by atoms with Crippen LogP contribution < -0.4 is 4.74 Å². The number of likely N-dealkylation sites (N-methyl/N-ethyl adjacent to an activating group) is 1. The second-order valence-corrected chi connectivity index (χ2v) is 5.41. The molecule has 0 spiro atoms. The summed E-state index contributed by atoms with van der Waals surface area (Å²) in [5.41, 5.74) is 0.786. The van der Waals surface area contributed by atoms with E-state index in [0.29, 0.717) is 12.2 Å². The molecule has 1 unspecified atom stereocenters. The minimum absolute atomic E-state index is 0.517. The fourth-order valence-electron chi connectivity index (χ4n) is 1.71. The van der Waals surface area contributed by atoms with Gasteiger partial charge in [0.25, 0.3) is 0 Å². The number of aliphatic hydroxyl groups is 1. The second-order valence-electron chi connectivity index (χ2n) is 4.42. The van der Waals surface area contributed by atoms with Gasteiger partial charge in [-0.2, -0.15) is 16.9 Å². The Morgan fingerprint density at radius 1 is 1.56 bits per heavy atom. The van der Waals surface area contributed by atoms with E-state index in [1.807, 2.05) is 25.0 Å². The van der Waals surface area contributed by atoms with E-state index in [-0.39, 0.29) is 0 Å². The summed E-state index contributed by atoms with van der Waals surface area (Å²) in [6, 6.07) is 0. The van der Waals surface area contributed by atoms with E-state index in [4.69, 9.17) is 4.74 Å². The Balaban J connectivity index is 2.80. The Hall–Kier alpha value is -0.720. The maximum Gasteiger partial charge on any atom is 0.162 e. The first-order valence-electron chi connectivity index (χ1n) is 6.01. The zero-order valence-corrected chi connectivity index (χ0v) is 12.4. The first-order valence-corrected chi connectivity index (χ1v) is 7.41. The van der Waals surface area contributed by atoms with Crippen LogP contribution in [0.4, 0.5) is 0 Å². The van der Waals surface area contributed by atoms with Crippen molar-refractivity contribution in [3.05, 3.63) is 11.9 Å². The Morgan fingerprint density at radius 3 is 2.83 bits per heavy atom. The largest absolute Gasteiger partial charge is 0.493 e. The number of ether oxygens (including phenoxy) is 1. The van der Waals surface area contributed by atoms with Crippen LogP contribution in [0.15, 0.2) is 6.20 Å². The predicted octanol–water partition coefficient (Wildman–Crippen LogP) is 1.24. The lowest BCUT2D eigenvalue weighted by Gasteiger charge is -2.16. The molecular weight excluding hydrogens is 250 g/mol. The van der Waals surface area contributed by atoms with E-state index in [1.54, 1.807) is 25.1 Å². The second kappa shape index (κ2) is 7.66. The third-order valence-corrected chi connectivity index (χ3v) is 3.38. The van der Waals surface area contributed by atoms with Crippen LogP contribution >= 0.6 is 11.8 Å². The molecule has 0 amide bonds. The molecule has 1 atom stereocenters. The summed E-state index contributed by atoms with van der Waals surface area (Å²) in [5.74, 6) is 1.59. The normalized spacial score (nSPS) is 13.0. The lowest BCUT2D eigenvalue weighted by Crippen LogP contribution is -2.21. The summed E-state index contributed by atoms with van der Waals surface area (Å²) in [7, 11) is 5.65. The quantitative estimate of drug-likeness (QED) is 0.772. The summed E-state index contributed by atoms with van der Waals surface area (Å²) in [5, 5.41) is 14.5. The van der Waals surface area contributed by atoms with Crippen molar-refractivity contribution in [1.82, 2.24) is 14.7 Å². The average Bonchev–Trinajstić information content (AvgIpc) is 2.76. The maximum absolute atomic E-state index is 10.2. The molecular formula is C12H23N3O2S. The number of aliphatic hydroxyl groups excluding tert-OH is 1. The van der Waals surface area contributed by atoms with E-state index in [2.05, 4.69) is 10.00 Å². The van der Waals surface area contributed by atoms with Gasteiger partial charge in [0.2, 0.25) is 0 Å². The Morgan fingerprint density at radius 2 is 2.28 bits per heavy atom. The number of aromatic nitrogens is 2. The Kier molecular flexibility index (Phi) is 6.52. The van der Waals surface area contributed by atoms with Gasteiger partial charge in [-0.25, -0.2) is 0 Å². The van der Waals surface area contributed by atoms with Crippen LogP contribution in [0.5, 0.6) is 5.75 Å². The topological polar surface area (TPSA) is 50.5 Å². The molecule has 0 aliphatic rings. The van der Waals surface area contributed by atoms with Crippen LogP contribution in [0.1, 0.15) is 18.2 Å². The van der Waals surface area contributed by atoms with Gasteiger partial charge < -0.3 is 14.7 Å². The molecule has 0 fully saturated rings. The van der Waals surface area contributed by atoms with Crippen molar-refractivity contribution in [3.63, 3.8) is 0 Å². The molecule has 5 nitrogen and oxygen atoms in total. The fraction of sp³-hybridized carbons (Fsp3) is 0.750. The van der Waals surface area contributed by atoms with Gasteiger partial charge in [-0.05, 0) is 32.5 Å². The van der Waals surface area contributed by atoms with Crippen LogP contribution in [0, 0.1) is 0 Å². The summed E-state index contributed by atoms with van der Waals surface area (Å²) in [4.78, 5) is 2.09. The molecule has 104 valence electrons. The van der Waals surface area contributed by atoms with Crippen LogP contribution in [0.2, 0.25) is 0 Å². The molecule has 0 radical (unpaired) electrons. The molecule has 18 heavy (non-hydrogen) atoms. The zero-order valence-electron chi connectivity index (χ0n) is 11.6. The van der Waals surface area contributed by atoms with Crippen LogP contribution in [0.25, 0.3) is 0 Å². The maximum atomic E-state index is 10.2. The molecule has 0 saturated carbocycles. The predicted molar refractivity (Wildman–Crippen MR) is 75.3 cm³/mol. The molecule has 1 aromatic rings. The molecule has 0 aliphatic carbocycles. The van der Waals surface area contributed by atoms with E-state index in [9.17, 15) is 5.11 Å². The molecule has 1 aromatic heterocycles. The van der Waals surface area contributed by atoms with Crippen LogP contribution in [-0.4, -0.2) is 59.5 Å². The number of rotatable bonds is 8. The van der Waals surface area contributed by atoms with Crippen molar-refractivity contribution in [2.75, 3.05) is 39.8 Å². The fourth-order valence-corrected chi connectivity index (χ4v) is 2.17. The molecule has 0 aromatic carbocycles. The Labute approximate surface area is 113 Å². The SMILES string of the molecule is COc1cnn(CCN(C)C)c1C(O)CCSC. The number of methoxy groups -OCH3 is 1. The smallest absolute Gasteiger partial charge is 0.162 e. The van der Waals surface area contributed by atoms with Gasteiger partial charge in [0, 0.05) is 6.54 Å². The zero-order chi connectivity index (χ0) is 13.5. The van der Waals surface area contributed by atoms with Gasteiger partial charge in [0.1, 0.15) is 11.8 Å². The highest BCUT2D eigenvalue weighted by molar-refractivity contribution is 7.98. The highest BCUT2D eigenvalue weighted by atomic mass is 32.2. The molecule has 0 bridgehead atoms.